The van der Waals surface area contributed by atoms with Crippen molar-refractivity contribution in [2.24, 2.45) is 16.7 Å². The summed E-state index contributed by atoms with van der Waals surface area (Å²) in [4.78, 5) is 78.2. The number of hydrogen-bond donors (Lipinski definition) is 6. The van der Waals surface area contributed by atoms with E-state index in [4.69, 9.17) is 57.3 Å². The van der Waals surface area contributed by atoms with Crippen LogP contribution in [0, 0.1) is 0 Å². The summed E-state index contributed by atoms with van der Waals surface area (Å²) in [6.07, 6.45) is 24.2. The maximum atomic E-state index is 11.4. The number of aromatic amines is 1. The molecule has 0 saturated carbocycles. The fourth-order valence-electron chi connectivity index (χ4n) is 6.81. The molecule has 4 unspecified atom stereocenters. The summed E-state index contributed by atoms with van der Waals surface area (Å²) < 4.78 is 58.6. The van der Waals surface area contributed by atoms with Gasteiger partial charge < -0.3 is 67.8 Å². The molecule has 4 fully saturated rings. The minimum absolute atomic E-state index is 0. The highest BCUT2D eigenvalue weighted by Gasteiger charge is 2.19. The number of nitrogens with one attached hydrogen (secondary N) is 3. The maximum absolute atomic E-state index is 11.4. The Morgan fingerprint density at radius 1 is 0.656 bits per heavy atom. The standard InChI is InChI=1S/C12H21NO4.C11H20O4.C10H17N3O3.C8H15NO3.C6H12O3.C5H8O.C3H5NO.8CH4.H4N2/c1-2-5-10(14)8-13-11(15)9-17-12-6-3-4-7-16-12;1-2-3-7-13-10(12)9-15-11-6-4-5-8-14-11;1-2-13-8(11-12-10(13)14)7-16-9-5-3-4-6-15-9;1-9-7(10)6-12-8-4-2-3-5-11-8;1-2-3-4-9-6(8)5-7;1-2-4-6-5-3-1;1-2-4-3-5;;;;;;;;;1-2/h12H,2-9H2,1H3,(H,13,15);11H,2-9H2,1H3;9H,2-7H2,1H3,(H,12,14);8H,2-6H2,1H3,(H,9,10);7H,2-5H2,1H3;2,4H,1,3,5H2;2H2,1H3;8*1H4;1-2H2. The first-order valence-electron chi connectivity index (χ1n) is 29.0. The molecule has 5 aliphatic heterocycles. The second-order valence-electron chi connectivity index (χ2n) is 18.1. The van der Waals surface area contributed by atoms with Crippen LogP contribution in [0.4, 0.5) is 0 Å². The normalized spacial score (nSPS) is 16.9. The van der Waals surface area contributed by atoms with Crippen molar-refractivity contribution in [1.29, 1.82) is 0 Å². The lowest BCUT2D eigenvalue weighted by atomic mass is 10.2. The Bertz CT molecular complexity index is 1820. The predicted molar refractivity (Wildman–Crippen MR) is 357 cm³/mol. The number of aliphatic imine (C=N–C) groups is 1. The first kappa shape index (κ1) is 107. The number of Topliss-reactive ketones (excluding diaryl/α,β-unsaturated/α-hetero) is 1. The predicted octanol–water partition coefficient (Wildman–Crippen LogP) is 9.68. The number of ether oxygens (including phenoxy) is 11. The smallest absolute Gasteiger partial charge is 0.343 e. The van der Waals surface area contributed by atoms with Crippen LogP contribution in [0.15, 0.2) is 22.1 Å². The van der Waals surface area contributed by atoms with E-state index in [2.05, 4.69) is 49.2 Å². The van der Waals surface area contributed by atoms with Gasteiger partial charge in [-0.25, -0.2) is 29.3 Å². The number of carbonyl (C=O) groups excluding carboxylic acids is 6. The molecule has 8 N–H and O–H groups in total. The van der Waals surface area contributed by atoms with Crippen LogP contribution < -0.4 is 28.0 Å². The van der Waals surface area contributed by atoms with E-state index in [1.54, 1.807) is 24.8 Å². The SMILES string of the molecule is C.C.C.C.C.C.C.C.C1=COCCC1.CCCC(=O)CNC(=O)COC1CCCCO1.CCCCOC(=O)CO.CCCCOC(=O)COC1CCCCO1.CCN=C=O.CCn1c(COC2CCCCO2)n[nH]c1=O.CNC(=O)COC1CCCCO1.NN. The molecule has 0 spiro atoms. The van der Waals surface area contributed by atoms with Crippen molar-refractivity contribution < 1.29 is 86.0 Å². The molecule has 540 valence electrons. The van der Waals surface area contributed by atoms with Crippen LogP contribution in [0.2, 0.25) is 0 Å². The first-order chi connectivity index (χ1) is 39.9. The highest BCUT2D eigenvalue weighted by molar-refractivity contribution is 5.86. The van der Waals surface area contributed by atoms with Crippen molar-refractivity contribution in [2.45, 2.75) is 261 Å². The van der Waals surface area contributed by atoms with Crippen LogP contribution in [0.5, 0.6) is 0 Å². The third-order valence-corrected chi connectivity index (χ3v) is 11.3. The number of rotatable bonds is 25. The Kier molecular flexibility index (Phi) is 94.8. The summed E-state index contributed by atoms with van der Waals surface area (Å²) >= 11 is 0. The highest BCUT2D eigenvalue weighted by Crippen LogP contribution is 2.16. The molecule has 0 aromatic carbocycles. The number of hydrogen-bond acceptors (Lipinski definition) is 23. The number of carbonyl (C=O) groups is 5. The van der Waals surface area contributed by atoms with E-state index in [-0.39, 0.29) is 140 Å². The molecule has 1 aromatic rings. The van der Waals surface area contributed by atoms with Gasteiger partial charge in [0.05, 0.1) is 32.6 Å². The lowest BCUT2D eigenvalue weighted by molar-refractivity contribution is -0.182. The maximum Gasteiger partial charge on any atom is 0.343 e. The number of esters is 2. The fraction of sp³-hybridized carbons (Fsp3) is 0.841. The number of aliphatic hydroxyl groups is 1. The van der Waals surface area contributed by atoms with Crippen LogP contribution in [-0.4, -0.2) is 173 Å². The van der Waals surface area contributed by atoms with Crippen molar-refractivity contribution in [3.63, 3.8) is 0 Å². The second kappa shape index (κ2) is 80.1. The molecule has 1 aromatic heterocycles. The molecule has 27 heteroatoms. The molecule has 6 heterocycles. The molecule has 2 amide bonds. The molecule has 27 nitrogen and oxygen atoms in total. The molecule has 5 aliphatic rings. The quantitative estimate of drug-likeness (QED) is 0.0132. The molecule has 4 atom stereocenters. The zero-order valence-electron chi connectivity index (χ0n) is 50.0. The van der Waals surface area contributed by atoms with Crippen LogP contribution in [-0.2, 0) is 94.0 Å². The summed E-state index contributed by atoms with van der Waals surface area (Å²) in [5.41, 5.74) is -0.189. The van der Waals surface area contributed by atoms with Gasteiger partial charge in [0.1, 0.15) is 33.0 Å². The van der Waals surface area contributed by atoms with Gasteiger partial charge in [-0.15, -0.1) is 0 Å². The molecule has 90 heavy (non-hydrogen) atoms. The fourth-order valence-corrected chi connectivity index (χ4v) is 6.81. The van der Waals surface area contributed by atoms with Crippen LogP contribution in [0.1, 0.15) is 228 Å². The molecular weight excluding hydrogens is 1170 g/mol. The number of amides is 2. The zero-order valence-corrected chi connectivity index (χ0v) is 50.0. The Morgan fingerprint density at radius 3 is 1.44 bits per heavy atom. The number of allylic oxidation sites excluding steroid dienone is 1. The van der Waals surface area contributed by atoms with Gasteiger partial charge in [0, 0.05) is 53.0 Å². The Hall–Kier alpha value is -5.03. The van der Waals surface area contributed by atoms with Crippen LogP contribution in [0.25, 0.3) is 0 Å². The number of aliphatic hydroxyl groups excluding tert-OH is 1. The van der Waals surface area contributed by atoms with Gasteiger partial charge in [0.2, 0.25) is 17.9 Å². The van der Waals surface area contributed by atoms with E-state index in [0.29, 0.717) is 51.8 Å². The lowest BCUT2D eigenvalue weighted by Gasteiger charge is -2.22. The Labute approximate surface area is 544 Å². The molecular formula is C63H134N8O19. The number of nitrogens with zero attached hydrogens (tertiary/aromatic N) is 3. The van der Waals surface area contributed by atoms with Gasteiger partial charge in [-0.05, 0) is 129 Å². The molecule has 6 rings (SSSR count). The van der Waals surface area contributed by atoms with E-state index in [1.165, 1.54) is 18.9 Å². The van der Waals surface area contributed by atoms with Gasteiger partial charge in [-0.2, -0.15) is 5.10 Å². The van der Waals surface area contributed by atoms with Crippen LogP contribution >= 0.6 is 0 Å². The number of aromatic nitrogens is 3. The monoisotopic (exact) mass is 1310 g/mol. The highest BCUT2D eigenvalue weighted by atomic mass is 16.7. The molecule has 0 aliphatic carbocycles. The first-order valence-corrected chi connectivity index (χ1v) is 29.0. The van der Waals surface area contributed by atoms with Gasteiger partial charge >= 0.3 is 17.6 Å². The summed E-state index contributed by atoms with van der Waals surface area (Å²) in [7, 11) is 1.59. The summed E-state index contributed by atoms with van der Waals surface area (Å²) in [5.74, 6) is 7.48. The zero-order chi connectivity index (χ0) is 61.1. The largest absolute Gasteiger partial charge is 0.502 e. The summed E-state index contributed by atoms with van der Waals surface area (Å²) in [6.45, 7) is 15.6. The van der Waals surface area contributed by atoms with E-state index < -0.39 is 12.6 Å². The number of likely N-dealkylation sites (N-methyl/N-ethyl adjacent to an activating group) is 1. The van der Waals surface area contributed by atoms with E-state index in [1.807, 2.05) is 26.8 Å². The Morgan fingerprint density at radius 2 is 1.11 bits per heavy atom. The number of nitrogens with two attached hydrogens (primary N) is 2. The third kappa shape index (κ3) is 65.9. The number of hydrazine groups is 1. The second-order valence-corrected chi connectivity index (χ2v) is 18.1. The van der Waals surface area contributed by atoms with Crippen LogP contribution in [0.3, 0.4) is 0 Å². The van der Waals surface area contributed by atoms with Crippen molar-refractivity contribution >= 4 is 35.6 Å². The topological polar surface area (TPSA) is 363 Å². The number of isocyanates is 1. The van der Waals surface area contributed by atoms with Crippen molar-refractivity contribution in [2.75, 3.05) is 92.8 Å². The van der Waals surface area contributed by atoms with E-state index in [9.17, 15) is 28.8 Å². The van der Waals surface area contributed by atoms with Crippen molar-refractivity contribution in [3.8, 4) is 0 Å². The average molecular weight is 1310 g/mol. The van der Waals surface area contributed by atoms with Crippen molar-refractivity contribution in [3.05, 3.63) is 28.6 Å². The molecule has 0 bridgehead atoms. The van der Waals surface area contributed by atoms with Gasteiger partial charge in [-0.1, -0.05) is 93.0 Å². The van der Waals surface area contributed by atoms with E-state index in [0.717, 1.165) is 136 Å². The summed E-state index contributed by atoms with van der Waals surface area (Å²) in [6, 6.07) is 0. The van der Waals surface area contributed by atoms with Crippen molar-refractivity contribution in [1.82, 2.24) is 25.4 Å². The Balaban J connectivity index is -0.000000105. The third-order valence-electron chi connectivity index (χ3n) is 11.3. The number of ketones is 1. The van der Waals surface area contributed by atoms with E-state index >= 15 is 0 Å². The molecule has 0 radical (unpaired) electrons. The van der Waals surface area contributed by atoms with Gasteiger partial charge in [0.15, 0.2) is 36.8 Å². The molecule has 4 saturated heterocycles. The summed E-state index contributed by atoms with van der Waals surface area (Å²) in [5, 5.41) is 19.5. The lowest BCUT2D eigenvalue weighted by Crippen LogP contribution is -2.34. The minimum atomic E-state index is -0.538. The number of unbranched alkanes of at least 4 members (excludes halogenated alkanes) is 2. The van der Waals surface area contributed by atoms with Gasteiger partial charge in [0.25, 0.3) is 0 Å². The van der Waals surface area contributed by atoms with Gasteiger partial charge in [-0.3, -0.25) is 30.6 Å². The minimum Gasteiger partial charge on any atom is -0.502 e. The average Bonchev–Trinajstić information content (AvgIpc) is 2.70. The number of H-pyrrole nitrogens is 1.